The lowest BCUT2D eigenvalue weighted by Crippen LogP contribution is -2.11. The van der Waals surface area contributed by atoms with Crippen LogP contribution in [0.4, 0.5) is 11.5 Å². The van der Waals surface area contributed by atoms with E-state index >= 15 is 0 Å². The van der Waals surface area contributed by atoms with Crippen LogP contribution >= 0.6 is 0 Å². The monoisotopic (exact) mass is 248 g/mol. The summed E-state index contributed by atoms with van der Waals surface area (Å²) in [5.41, 5.74) is 2.41. The van der Waals surface area contributed by atoms with Gasteiger partial charge in [0.15, 0.2) is 0 Å². The van der Waals surface area contributed by atoms with E-state index in [1.807, 2.05) is 12.3 Å². The molecule has 0 unspecified atom stereocenters. The van der Waals surface area contributed by atoms with Crippen LogP contribution in [-0.4, -0.2) is 12.0 Å². The quantitative estimate of drug-likeness (QED) is 0.671. The molecule has 0 saturated heterocycles. The van der Waals surface area contributed by atoms with Crippen LogP contribution in [0, 0.1) is 6.92 Å². The zero-order chi connectivity index (χ0) is 13.2. The molecule has 0 radical (unpaired) electrons. The van der Waals surface area contributed by atoms with Crippen molar-refractivity contribution in [2.45, 2.75) is 6.92 Å². The van der Waals surface area contributed by atoms with Gasteiger partial charge in [0.05, 0.1) is 0 Å². The first-order chi connectivity index (χ1) is 9.25. The molecule has 0 aliphatic heterocycles. The van der Waals surface area contributed by atoms with Crippen LogP contribution in [0.3, 0.4) is 0 Å². The highest BCUT2D eigenvalue weighted by molar-refractivity contribution is 5.93. The molecule has 0 aliphatic carbocycles. The molecule has 0 spiro atoms. The number of pyridine rings is 1. The Morgan fingerprint density at radius 1 is 0.947 bits per heavy atom. The fraction of sp³-hybridized carbons (Fsp3) is 0.118. The number of anilines is 2. The Kier molecular flexibility index (Phi) is 2.92. The second-order valence-electron chi connectivity index (χ2n) is 4.75. The van der Waals surface area contributed by atoms with Gasteiger partial charge in [-0.3, -0.25) is 0 Å². The summed E-state index contributed by atoms with van der Waals surface area (Å²) in [6.07, 6.45) is 1.87. The Hall–Kier alpha value is -2.35. The minimum Gasteiger partial charge on any atom is -0.329 e. The normalized spacial score (nSPS) is 10.6. The number of fused-ring (bicyclic) bond motifs is 1. The van der Waals surface area contributed by atoms with Crippen molar-refractivity contribution in [1.82, 2.24) is 4.98 Å². The van der Waals surface area contributed by atoms with Gasteiger partial charge in [-0.1, -0.05) is 36.4 Å². The number of aryl methyl sites for hydroxylation is 1. The van der Waals surface area contributed by atoms with Gasteiger partial charge in [-0.25, -0.2) is 4.98 Å². The lowest BCUT2D eigenvalue weighted by atomic mass is 10.1. The summed E-state index contributed by atoms with van der Waals surface area (Å²) in [6, 6.07) is 18.8. The molecule has 0 fully saturated rings. The third kappa shape index (κ3) is 2.17. The second-order valence-corrected chi connectivity index (χ2v) is 4.75. The van der Waals surface area contributed by atoms with E-state index in [1.54, 1.807) is 0 Å². The van der Waals surface area contributed by atoms with E-state index < -0.39 is 0 Å². The first-order valence-electron chi connectivity index (χ1n) is 6.40. The predicted molar refractivity (Wildman–Crippen MR) is 81.0 cm³/mol. The zero-order valence-corrected chi connectivity index (χ0v) is 11.2. The molecule has 2 heteroatoms. The van der Waals surface area contributed by atoms with Gasteiger partial charge in [0.2, 0.25) is 0 Å². The zero-order valence-electron chi connectivity index (χ0n) is 11.2. The van der Waals surface area contributed by atoms with Gasteiger partial charge < -0.3 is 4.90 Å². The van der Waals surface area contributed by atoms with Gasteiger partial charge in [0, 0.05) is 24.3 Å². The van der Waals surface area contributed by atoms with Crippen LogP contribution in [-0.2, 0) is 0 Å². The van der Waals surface area contributed by atoms with Crippen molar-refractivity contribution < 1.29 is 0 Å². The van der Waals surface area contributed by atoms with Crippen LogP contribution in [0.2, 0.25) is 0 Å². The van der Waals surface area contributed by atoms with E-state index in [1.165, 1.54) is 16.3 Å². The standard InChI is InChI=1S/C17H16N2/c1-13-6-5-8-15(12-13)19(2)17-16-9-4-3-7-14(16)10-11-18-17/h3-12H,1-2H3. The summed E-state index contributed by atoms with van der Waals surface area (Å²) in [7, 11) is 2.06. The highest BCUT2D eigenvalue weighted by Gasteiger charge is 2.09. The minimum absolute atomic E-state index is 0.990. The smallest absolute Gasteiger partial charge is 0.140 e. The molecule has 1 heterocycles. The first-order valence-corrected chi connectivity index (χ1v) is 6.40. The molecule has 0 saturated carbocycles. The Labute approximate surface area is 113 Å². The lowest BCUT2D eigenvalue weighted by molar-refractivity contribution is 1.14. The van der Waals surface area contributed by atoms with Gasteiger partial charge >= 0.3 is 0 Å². The molecule has 1 aromatic heterocycles. The average Bonchev–Trinajstić information content (AvgIpc) is 2.46. The number of nitrogens with zero attached hydrogens (tertiary/aromatic N) is 2. The van der Waals surface area contributed by atoms with E-state index in [-0.39, 0.29) is 0 Å². The Morgan fingerprint density at radius 3 is 2.63 bits per heavy atom. The molecular formula is C17H16N2. The van der Waals surface area contributed by atoms with E-state index in [0.717, 1.165) is 11.5 Å². The molecule has 2 nitrogen and oxygen atoms in total. The summed E-state index contributed by atoms with van der Waals surface area (Å²) in [4.78, 5) is 6.67. The molecule has 0 atom stereocenters. The summed E-state index contributed by atoms with van der Waals surface area (Å²) in [5, 5.41) is 2.39. The molecule has 0 amide bonds. The molecule has 3 aromatic rings. The van der Waals surface area contributed by atoms with Crippen molar-refractivity contribution in [2.24, 2.45) is 0 Å². The van der Waals surface area contributed by atoms with Gasteiger partial charge in [-0.05, 0) is 36.1 Å². The summed E-state index contributed by atoms with van der Waals surface area (Å²) in [5.74, 6) is 0.990. The molecular weight excluding hydrogens is 232 g/mol. The van der Waals surface area contributed by atoms with Crippen LogP contribution in [0.25, 0.3) is 10.8 Å². The van der Waals surface area contributed by atoms with E-state index in [4.69, 9.17) is 0 Å². The van der Waals surface area contributed by atoms with Crippen molar-refractivity contribution in [1.29, 1.82) is 0 Å². The van der Waals surface area contributed by atoms with Crippen molar-refractivity contribution in [3.63, 3.8) is 0 Å². The maximum atomic E-state index is 4.54. The second kappa shape index (κ2) is 4.73. The first kappa shape index (κ1) is 11.7. The van der Waals surface area contributed by atoms with Gasteiger partial charge in [0.1, 0.15) is 5.82 Å². The summed E-state index contributed by atoms with van der Waals surface area (Å²) >= 11 is 0. The number of hydrogen-bond donors (Lipinski definition) is 0. The average molecular weight is 248 g/mol. The van der Waals surface area contributed by atoms with Crippen molar-refractivity contribution in [3.8, 4) is 0 Å². The maximum absolute atomic E-state index is 4.54. The van der Waals surface area contributed by atoms with Gasteiger partial charge in [-0.2, -0.15) is 0 Å². The van der Waals surface area contributed by atoms with Crippen molar-refractivity contribution in [2.75, 3.05) is 11.9 Å². The molecule has 3 rings (SSSR count). The largest absolute Gasteiger partial charge is 0.329 e. The van der Waals surface area contributed by atoms with Gasteiger partial charge in [0.25, 0.3) is 0 Å². The van der Waals surface area contributed by atoms with Crippen LogP contribution in [0.15, 0.2) is 60.8 Å². The van der Waals surface area contributed by atoms with Crippen molar-refractivity contribution >= 4 is 22.3 Å². The lowest BCUT2D eigenvalue weighted by Gasteiger charge is -2.20. The van der Waals surface area contributed by atoms with E-state index in [9.17, 15) is 0 Å². The molecule has 2 aromatic carbocycles. The number of rotatable bonds is 2. The SMILES string of the molecule is Cc1cccc(N(C)c2nccc3ccccc23)c1. The third-order valence-corrected chi connectivity index (χ3v) is 3.36. The predicted octanol–water partition coefficient (Wildman–Crippen LogP) is 4.31. The molecule has 0 aliphatic rings. The number of aromatic nitrogens is 1. The molecule has 0 bridgehead atoms. The Bertz CT molecular complexity index is 714. The topological polar surface area (TPSA) is 16.1 Å². The van der Waals surface area contributed by atoms with Crippen LogP contribution in [0.5, 0.6) is 0 Å². The van der Waals surface area contributed by atoms with Crippen LogP contribution < -0.4 is 4.90 Å². The van der Waals surface area contributed by atoms with E-state index in [0.29, 0.717) is 0 Å². The molecule has 94 valence electrons. The van der Waals surface area contributed by atoms with Crippen LogP contribution in [0.1, 0.15) is 5.56 Å². The highest BCUT2D eigenvalue weighted by Crippen LogP contribution is 2.28. The Balaban J connectivity index is 2.14. The fourth-order valence-corrected chi connectivity index (χ4v) is 2.33. The molecule has 0 N–H and O–H groups in total. The van der Waals surface area contributed by atoms with Gasteiger partial charge in [-0.15, -0.1) is 0 Å². The number of hydrogen-bond acceptors (Lipinski definition) is 2. The number of benzene rings is 2. The maximum Gasteiger partial charge on any atom is 0.140 e. The summed E-state index contributed by atoms with van der Waals surface area (Å²) in [6.45, 7) is 2.11. The fourth-order valence-electron chi connectivity index (χ4n) is 2.33. The van der Waals surface area contributed by atoms with E-state index in [2.05, 4.69) is 72.4 Å². The minimum atomic E-state index is 0.990. The summed E-state index contributed by atoms with van der Waals surface area (Å²) < 4.78 is 0. The van der Waals surface area contributed by atoms with Crippen molar-refractivity contribution in [3.05, 3.63) is 66.4 Å². The Morgan fingerprint density at radius 2 is 1.79 bits per heavy atom. The third-order valence-electron chi connectivity index (χ3n) is 3.36. The molecule has 19 heavy (non-hydrogen) atoms. The highest BCUT2D eigenvalue weighted by atomic mass is 15.2.